The van der Waals surface area contributed by atoms with Gasteiger partial charge in [0.15, 0.2) is 0 Å². The topological polar surface area (TPSA) is 164 Å². The van der Waals surface area contributed by atoms with Crippen LogP contribution in [0.15, 0.2) is 71.2 Å². The molecule has 0 amide bonds. The first-order chi connectivity index (χ1) is 38.3. The molecule has 8 aliphatic rings. The number of piperazine rings is 2. The molecule has 6 aromatic rings. The van der Waals surface area contributed by atoms with Crippen molar-refractivity contribution < 1.29 is 0 Å². The maximum absolute atomic E-state index is 5.25. The van der Waals surface area contributed by atoms with Gasteiger partial charge in [-0.05, 0) is 128 Å². The van der Waals surface area contributed by atoms with E-state index in [-0.39, 0.29) is 11.1 Å². The minimum atomic E-state index is 0.0304. The van der Waals surface area contributed by atoms with E-state index in [0.717, 1.165) is 136 Å². The third-order valence-corrected chi connectivity index (χ3v) is 18.6. The van der Waals surface area contributed by atoms with Crippen molar-refractivity contribution in [3.05, 3.63) is 72.6 Å². The Labute approximate surface area is 465 Å². The predicted molar refractivity (Wildman–Crippen MR) is 320 cm³/mol. The maximum atomic E-state index is 5.25. The summed E-state index contributed by atoms with van der Waals surface area (Å²) < 4.78 is 5.03. The Bertz CT molecular complexity index is 3010. The number of rotatable bonds is 6. The Morgan fingerprint density at radius 3 is 1.42 bits per heavy atom. The zero-order valence-corrected chi connectivity index (χ0v) is 47.4. The van der Waals surface area contributed by atoms with E-state index < -0.39 is 0 Å². The number of nitrogens with zero attached hydrogens (tertiary/aromatic N) is 15. The predicted octanol–water partition coefficient (Wildman–Crippen LogP) is 9.09. The van der Waals surface area contributed by atoms with E-state index >= 15 is 0 Å². The van der Waals surface area contributed by atoms with Crippen LogP contribution in [0, 0.1) is 0 Å². The molecule has 19 heteroatoms. The molecule has 414 valence electrons. The number of hydrogen-bond acceptors (Lipinski definition) is 17. The summed E-state index contributed by atoms with van der Waals surface area (Å²) in [5.41, 5.74) is 6.87. The van der Waals surface area contributed by atoms with E-state index in [2.05, 4.69) is 104 Å². The van der Waals surface area contributed by atoms with Gasteiger partial charge in [0.05, 0.1) is 59.3 Å². The zero-order chi connectivity index (χ0) is 52.9. The number of likely N-dealkylation sites (tertiary alicyclic amines) is 1. The molecule has 2 spiro atoms. The highest BCUT2D eigenvalue weighted by molar-refractivity contribution is 8.13. The van der Waals surface area contributed by atoms with E-state index in [0.29, 0.717) is 11.9 Å². The van der Waals surface area contributed by atoms with Crippen molar-refractivity contribution in [3.63, 3.8) is 0 Å². The van der Waals surface area contributed by atoms with Gasteiger partial charge in [-0.25, -0.2) is 19.9 Å². The first-order valence-corrected chi connectivity index (χ1v) is 30.8. The summed E-state index contributed by atoms with van der Waals surface area (Å²) >= 11 is 1.72. The van der Waals surface area contributed by atoms with Crippen LogP contribution in [0.25, 0.3) is 22.1 Å². The van der Waals surface area contributed by atoms with Crippen molar-refractivity contribution in [1.29, 1.82) is 0 Å². The lowest BCUT2D eigenvalue weighted by molar-refractivity contribution is 0.199. The Morgan fingerprint density at radius 2 is 0.962 bits per heavy atom. The molecule has 0 bridgehead atoms. The molecule has 6 aromatic heterocycles. The fraction of sp³-hybridized carbons (Fsp3) is 0.593. The van der Waals surface area contributed by atoms with Gasteiger partial charge in [0.2, 0.25) is 11.9 Å². The van der Waals surface area contributed by atoms with Crippen LogP contribution in [-0.4, -0.2) is 177 Å². The third-order valence-electron chi connectivity index (χ3n) is 17.9. The number of pyridine rings is 2. The molecule has 0 radical (unpaired) electrons. The summed E-state index contributed by atoms with van der Waals surface area (Å²) in [7, 11) is 4.35. The number of aliphatic imine (C=N–C) groups is 2. The molecule has 78 heavy (non-hydrogen) atoms. The number of amidine groups is 1. The lowest BCUT2D eigenvalue weighted by atomic mass is 9.80. The van der Waals surface area contributed by atoms with Gasteiger partial charge in [0, 0.05) is 88.6 Å². The summed E-state index contributed by atoms with van der Waals surface area (Å²) in [6, 6.07) is 12.8. The molecule has 14 rings (SSSR count). The summed E-state index contributed by atoms with van der Waals surface area (Å²) in [6.45, 7) is 14.9. The quantitative estimate of drug-likeness (QED) is 0.145. The zero-order valence-electron chi connectivity index (χ0n) is 46.6. The summed E-state index contributed by atoms with van der Waals surface area (Å²) in [5, 5.41) is 13.3. The van der Waals surface area contributed by atoms with Crippen LogP contribution in [0.1, 0.15) is 114 Å². The van der Waals surface area contributed by atoms with Crippen molar-refractivity contribution >= 4 is 79.6 Å². The first-order valence-electron chi connectivity index (χ1n) is 29.5. The van der Waals surface area contributed by atoms with Crippen molar-refractivity contribution in [2.45, 2.75) is 114 Å². The van der Waals surface area contributed by atoms with Crippen LogP contribution in [0.3, 0.4) is 0 Å². The molecule has 2 aliphatic carbocycles. The Hall–Kier alpha value is -5.89. The van der Waals surface area contributed by atoms with Crippen molar-refractivity contribution in [2.24, 2.45) is 9.98 Å². The minimum Gasteiger partial charge on any atom is -0.368 e. The fourth-order valence-corrected chi connectivity index (χ4v) is 13.9. The highest BCUT2D eigenvalue weighted by atomic mass is 32.2. The monoisotopic (exact) mass is 1070 g/mol. The number of aromatic nitrogens is 8. The van der Waals surface area contributed by atoms with E-state index in [1.54, 1.807) is 11.8 Å². The van der Waals surface area contributed by atoms with Crippen LogP contribution in [-0.2, 0) is 11.1 Å². The molecule has 18 nitrogen and oxygen atoms in total. The molecule has 4 saturated heterocycles. The third kappa shape index (κ3) is 11.3. The summed E-state index contributed by atoms with van der Waals surface area (Å²) in [6.07, 6.45) is 30.3. The minimum absolute atomic E-state index is 0.0304. The fourth-order valence-electron chi connectivity index (χ4n) is 13.3. The maximum Gasteiger partial charge on any atom is 0.230 e. The SMILES string of the molecule is C1CCNCC1.CN1CCN(c2ccc(Nc3ncc4cc5n(c4n3)C3(CCCCC3)CN=C5N3CCCCC3)nc2)CC1.CSC1=NCC2(CCCCC2)n2c1cc1cnc(Nc3ccc(N4CCN(C)CC4)cn3)nc12. The molecule has 2 saturated carbocycles. The number of anilines is 6. The number of hydrogen-bond donors (Lipinski definition) is 3. The smallest absolute Gasteiger partial charge is 0.230 e. The molecule has 3 N–H and O–H groups in total. The van der Waals surface area contributed by atoms with Gasteiger partial charge in [0.1, 0.15) is 33.8 Å². The lowest BCUT2D eigenvalue weighted by Gasteiger charge is -2.43. The highest BCUT2D eigenvalue weighted by Gasteiger charge is 2.42. The second kappa shape index (κ2) is 23.8. The number of fused-ring (bicyclic) bond motifs is 8. The molecule has 0 unspecified atom stereocenters. The largest absolute Gasteiger partial charge is 0.368 e. The van der Waals surface area contributed by atoms with Crippen LogP contribution in [0.5, 0.6) is 0 Å². The molecule has 0 atom stereocenters. The van der Waals surface area contributed by atoms with Gasteiger partial charge < -0.3 is 49.6 Å². The molecule has 12 heterocycles. The highest BCUT2D eigenvalue weighted by Crippen LogP contribution is 2.44. The van der Waals surface area contributed by atoms with Crippen molar-refractivity contribution in [1.82, 2.24) is 59.1 Å². The van der Waals surface area contributed by atoms with Crippen molar-refractivity contribution in [3.8, 4) is 0 Å². The number of likely N-dealkylation sites (N-methyl/N-ethyl adjacent to an activating group) is 2. The Morgan fingerprint density at radius 1 is 0.487 bits per heavy atom. The van der Waals surface area contributed by atoms with Crippen LogP contribution >= 0.6 is 11.8 Å². The van der Waals surface area contributed by atoms with Gasteiger partial charge in [-0.15, -0.1) is 11.8 Å². The van der Waals surface area contributed by atoms with E-state index in [4.69, 9.17) is 29.9 Å². The first kappa shape index (κ1) is 52.8. The second-order valence-corrected chi connectivity index (χ2v) is 24.0. The van der Waals surface area contributed by atoms with Gasteiger partial charge in [0.25, 0.3) is 0 Å². The van der Waals surface area contributed by atoms with Crippen LogP contribution in [0.2, 0.25) is 0 Å². The van der Waals surface area contributed by atoms with Gasteiger partial charge in [-0.1, -0.05) is 44.9 Å². The second-order valence-electron chi connectivity index (χ2n) is 23.2. The van der Waals surface area contributed by atoms with Gasteiger partial charge in [-0.3, -0.25) is 9.98 Å². The number of nitrogens with one attached hydrogen (secondary N) is 3. The van der Waals surface area contributed by atoms with E-state index in [1.165, 1.54) is 126 Å². The molecule has 6 fully saturated rings. The normalized spacial score (nSPS) is 21.4. The Balaban J connectivity index is 0.000000142. The Kier molecular flexibility index (Phi) is 16.1. The molecular weight excluding hydrogens is 993 g/mol. The van der Waals surface area contributed by atoms with Gasteiger partial charge in [-0.2, -0.15) is 9.97 Å². The molecular formula is C59H82N18S. The average molecular weight is 1080 g/mol. The van der Waals surface area contributed by atoms with E-state index in [9.17, 15) is 0 Å². The molecule has 6 aliphatic heterocycles. The van der Waals surface area contributed by atoms with E-state index in [1.807, 2.05) is 36.9 Å². The summed E-state index contributed by atoms with van der Waals surface area (Å²) in [4.78, 5) is 51.0. The summed E-state index contributed by atoms with van der Waals surface area (Å²) in [5.74, 6) is 3.89. The van der Waals surface area contributed by atoms with Crippen LogP contribution in [0.4, 0.5) is 34.9 Å². The molecule has 0 aromatic carbocycles. The number of piperidine rings is 2. The average Bonchev–Trinajstić information content (AvgIpc) is 4.31. The standard InChI is InChI=1S/C29H39N9.C25H32N8S.C5H11N/c1-35-14-16-36(17-15-35)23-8-9-25(30-20-23)33-28-31-19-22-18-24-27(37-12-6-3-7-13-37)32-21-29(10-4-2-5-11-29)38(24)26(22)34-28;1-31-10-12-32(13-11-31)19-6-7-21(26-16-19)29-24-27-15-18-14-20-23(34-2)28-17-25(8-4-3-5-9-25)33(20)22(18)30-24;1-2-4-6-5-3-1/h8-9,18-20H,2-7,10-17,21H2,1H3,(H,30,31,33,34);6-7,14-16H,3-5,8-13,17H2,1-2H3,(H,26,27,29,30);6H,1-5H2. The van der Waals surface area contributed by atoms with Gasteiger partial charge >= 0.3 is 0 Å². The van der Waals surface area contributed by atoms with Crippen LogP contribution < -0.4 is 25.8 Å². The number of thioether (sulfide) groups is 1. The van der Waals surface area contributed by atoms with Crippen molar-refractivity contribution in [2.75, 3.05) is 132 Å². The lowest BCUT2D eigenvalue weighted by Crippen LogP contribution is -2.48.